The van der Waals surface area contributed by atoms with E-state index >= 15 is 0 Å². The molecule has 1 atom stereocenters. The van der Waals surface area contributed by atoms with Crippen LogP contribution in [0.25, 0.3) is 11.5 Å². The number of carbonyl (C=O) groups excluding carboxylic acids is 1. The standard InChI is InChI=1S/C23H28N4O4/c1-6-30-19-12-9-17(13-20(19)29-5)15(4)24-23(28)25-18-10-7-16(8-11-18)22-26-21(14(2)3)27-31-22/h7-15H,6H2,1-5H3,(H2,24,25,28). The molecule has 1 unspecified atom stereocenters. The number of urea groups is 1. The summed E-state index contributed by atoms with van der Waals surface area (Å²) in [5.41, 5.74) is 2.35. The highest BCUT2D eigenvalue weighted by Crippen LogP contribution is 2.30. The van der Waals surface area contributed by atoms with Crippen LogP contribution in [0.3, 0.4) is 0 Å². The molecule has 1 aromatic heterocycles. The fourth-order valence-electron chi connectivity index (χ4n) is 2.96. The maximum Gasteiger partial charge on any atom is 0.319 e. The molecule has 0 aliphatic heterocycles. The van der Waals surface area contributed by atoms with Gasteiger partial charge in [0.25, 0.3) is 5.89 Å². The fourth-order valence-corrected chi connectivity index (χ4v) is 2.96. The van der Waals surface area contributed by atoms with E-state index in [9.17, 15) is 4.79 Å². The summed E-state index contributed by atoms with van der Waals surface area (Å²) in [7, 11) is 1.59. The van der Waals surface area contributed by atoms with Crippen LogP contribution < -0.4 is 20.1 Å². The molecule has 0 fully saturated rings. The minimum Gasteiger partial charge on any atom is -0.493 e. The first-order chi connectivity index (χ1) is 14.9. The molecule has 0 spiro atoms. The molecule has 2 aromatic carbocycles. The molecule has 0 aliphatic rings. The zero-order chi connectivity index (χ0) is 22.4. The van der Waals surface area contributed by atoms with Gasteiger partial charge < -0.3 is 24.6 Å². The number of aromatic nitrogens is 2. The fraction of sp³-hybridized carbons (Fsp3) is 0.348. The highest BCUT2D eigenvalue weighted by atomic mass is 16.5. The molecule has 2 N–H and O–H groups in total. The van der Waals surface area contributed by atoms with Gasteiger partial charge in [0.2, 0.25) is 0 Å². The zero-order valence-corrected chi connectivity index (χ0v) is 18.4. The number of methoxy groups -OCH3 is 1. The van der Waals surface area contributed by atoms with Gasteiger partial charge in [-0.3, -0.25) is 0 Å². The predicted octanol–water partition coefficient (Wildman–Crippen LogP) is 5.15. The van der Waals surface area contributed by atoms with Crippen LogP contribution in [0.1, 0.15) is 51.0 Å². The molecular weight excluding hydrogens is 396 g/mol. The highest BCUT2D eigenvalue weighted by molar-refractivity contribution is 5.89. The lowest BCUT2D eigenvalue weighted by atomic mass is 10.1. The van der Waals surface area contributed by atoms with Gasteiger partial charge in [-0.2, -0.15) is 4.98 Å². The summed E-state index contributed by atoms with van der Waals surface area (Å²) in [6.45, 7) is 8.38. The van der Waals surface area contributed by atoms with Gasteiger partial charge in [-0.1, -0.05) is 25.1 Å². The minimum atomic E-state index is -0.312. The van der Waals surface area contributed by atoms with Crippen molar-refractivity contribution >= 4 is 11.7 Å². The van der Waals surface area contributed by atoms with Gasteiger partial charge in [-0.25, -0.2) is 4.79 Å². The van der Waals surface area contributed by atoms with Gasteiger partial charge in [0, 0.05) is 17.2 Å². The van der Waals surface area contributed by atoms with Crippen LogP contribution in [0.5, 0.6) is 11.5 Å². The highest BCUT2D eigenvalue weighted by Gasteiger charge is 2.14. The van der Waals surface area contributed by atoms with Crippen molar-refractivity contribution in [2.24, 2.45) is 0 Å². The van der Waals surface area contributed by atoms with Crippen LogP contribution in [0.15, 0.2) is 47.0 Å². The number of benzene rings is 2. The van der Waals surface area contributed by atoms with E-state index in [0.29, 0.717) is 35.5 Å². The number of nitrogens with zero attached hydrogens (tertiary/aromatic N) is 2. The average Bonchev–Trinajstić information content (AvgIpc) is 3.25. The quantitative estimate of drug-likeness (QED) is 0.519. The summed E-state index contributed by atoms with van der Waals surface area (Å²) in [6, 6.07) is 12.3. The Morgan fingerprint density at radius 1 is 1.10 bits per heavy atom. The molecule has 2 amide bonds. The summed E-state index contributed by atoms with van der Waals surface area (Å²) < 4.78 is 16.2. The first-order valence-corrected chi connectivity index (χ1v) is 10.2. The molecule has 8 nitrogen and oxygen atoms in total. The SMILES string of the molecule is CCOc1ccc(C(C)NC(=O)Nc2ccc(-c3nc(C(C)C)no3)cc2)cc1OC. The lowest BCUT2D eigenvalue weighted by molar-refractivity contribution is 0.249. The van der Waals surface area contributed by atoms with Crippen LogP contribution in [0, 0.1) is 0 Å². The first-order valence-electron chi connectivity index (χ1n) is 10.2. The summed E-state index contributed by atoms with van der Waals surface area (Å²) in [6.07, 6.45) is 0. The number of ether oxygens (including phenoxy) is 2. The summed E-state index contributed by atoms with van der Waals surface area (Å²) in [4.78, 5) is 16.8. The molecule has 0 radical (unpaired) electrons. The van der Waals surface area contributed by atoms with E-state index in [-0.39, 0.29) is 18.0 Å². The smallest absolute Gasteiger partial charge is 0.319 e. The van der Waals surface area contributed by atoms with Crippen molar-refractivity contribution in [2.45, 2.75) is 39.7 Å². The van der Waals surface area contributed by atoms with Gasteiger partial charge in [0.1, 0.15) is 0 Å². The van der Waals surface area contributed by atoms with Crippen molar-refractivity contribution in [1.29, 1.82) is 0 Å². The van der Waals surface area contributed by atoms with E-state index in [1.54, 1.807) is 19.2 Å². The Balaban J connectivity index is 1.61. The van der Waals surface area contributed by atoms with Crippen LogP contribution in [0.2, 0.25) is 0 Å². The summed E-state index contributed by atoms with van der Waals surface area (Å²) in [5, 5.41) is 9.72. The zero-order valence-electron chi connectivity index (χ0n) is 18.4. The third-order valence-corrected chi connectivity index (χ3v) is 4.68. The Kier molecular flexibility index (Phi) is 7.12. The lowest BCUT2D eigenvalue weighted by Gasteiger charge is -2.17. The Labute approximate surface area is 182 Å². The predicted molar refractivity (Wildman–Crippen MR) is 119 cm³/mol. The molecule has 8 heteroatoms. The Bertz CT molecular complexity index is 1010. The molecule has 3 rings (SSSR count). The Morgan fingerprint density at radius 3 is 2.45 bits per heavy atom. The monoisotopic (exact) mass is 424 g/mol. The Hall–Kier alpha value is -3.55. The molecule has 1 heterocycles. The topological polar surface area (TPSA) is 98.5 Å². The van der Waals surface area contributed by atoms with Gasteiger partial charge in [0.05, 0.1) is 19.8 Å². The minimum absolute atomic E-state index is 0.194. The number of nitrogens with one attached hydrogen (secondary N) is 2. The van der Waals surface area contributed by atoms with E-state index in [1.807, 2.05) is 58.0 Å². The van der Waals surface area contributed by atoms with Crippen molar-refractivity contribution in [2.75, 3.05) is 19.0 Å². The Morgan fingerprint density at radius 2 is 1.84 bits per heavy atom. The number of rotatable bonds is 8. The molecule has 0 saturated carbocycles. The van der Waals surface area contributed by atoms with E-state index in [0.717, 1.165) is 11.1 Å². The van der Waals surface area contributed by atoms with Gasteiger partial charge >= 0.3 is 6.03 Å². The van der Waals surface area contributed by atoms with Crippen molar-refractivity contribution < 1.29 is 18.8 Å². The summed E-state index contributed by atoms with van der Waals surface area (Å²) in [5.74, 6) is 2.62. The second-order valence-corrected chi connectivity index (χ2v) is 7.35. The van der Waals surface area contributed by atoms with Gasteiger partial charge in [0.15, 0.2) is 17.3 Å². The molecule has 31 heavy (non-hydrogen) atoms. The number of amides is 2. The number of hydrogen-bond acceptors (Lipinski definition) is 6. The van der Waals surface area contributed by atoms with E-state index in [2.05, 4.69) is 20.8 Å². The van der Waals surface area contributed by atoms with Crippen molar-refractivity contribution in [1.82, 2.24) is 15.5 Å². The maximum atomic E-state index is 12.4. The third kappa shape index (κ3) is 5.53. The number of carbonyl (C=O) groups is 1. The van der Waals surface area contributed by atoms with Crippen LogP contribution in [0.4, 0.5) is 10.5 Å². The van der Waals surface area contributed by atoms with E-state index in [4.69, 9.17) is 14.0 Å². The third-order valence-electron chi connectivity index (χ3n) is 4.68. The van der Waals surface area contributed by atoms with Gasteiger partial charge in [-0.05, 0) is 55.8 Å². The normalized spacial score (nSPS) is 11.8. The molecular formula is C23H28N4O4. The second kappa shape index (κ2) is 9.97. The van der Waals surface area contributed by atoms with E-state index < -0.39 is 0 Å². The maximum absolute atomic E-state index is 12.4. The molecule has 164 valence electrons. The van der Waals surface area contributed by atoms with Crippen LogP contribution in [-0.2, 0) is 0 Å². The van der Waals surface area contributed by atoms with Crippen molar-refractivity contribution in [3.8, 4) is 23.0 Å². The van der Waals surface area contributed by atoms with E-state index in [1.165, 1.54) is 0 Å². The second-order valence-electron chi connectivity index (χ2n) is 7.35. The van der Waals surface area contributed by atoms with Crippen molar-refractivity contribution in [3.05, 3.63) is 53.9 Å². The largest absolute Gasteiger partial charge is 0.493 e. The molecule has 0 bridgehead atoms. The summed E-state index contributed by atoms with van der Waals surface area (Å²) >= 11 is 0. The van der Waals surface area contributed by atoms with Gasteiger partial charge in [-0.15, -0.1) is 0 Å². The lowest BCUT2D eigenvalue weighted by Crippen LogP contribution is -2.31. The van der Waals surface area contributed by atoms with Crippen molar-refractivity contribution in [3.63, 3.8) is 0 Å². The number of anilines is 1. The average molecular weight is 425 g/mol. The molecule has 3 aromatic rings. The molecule has 0 saturated heterocycles. The van der Waals surface area contributed by atoms with Crippen LogP contribution >= 0.6 is 0 Å². The number of hydrogen-bond donors (Lipinski definition) is 2. The first kappa shape index (κ1) is 22.1. The molecule has 0 aliphatic carbocycles. The van der Waals surface area contributed by atoms with Crippen LogP contribution in [-0.4, -0.2) is 29.9 Å².